The third-order valence-electron chi connectivity index (χ3n) is 5.87. The molecule has 2 fully saturated rings. The van der Waals surface area contributed by atoms with Crippen LogP contribution in [0.25, 0.3) is 0 Å². The van der Waals surface area contributed by atoms with Crippen molar-refractivity contribution in [2.45, 2.75) is 51.1 Å². The van der Waals surface area contributed by atoms with Crippen molar-refractivity contribution in [2.75, 3.05) is 19.6 Å². The molecule has 0 bridgehead atoms. The molecule has 27 heavy (non-hydrogen) atoms. The lowest BCUT2D eigenvalue weighted by atomic mass is 9.94. The van der Waals surface area contributed by atoms with Crippen molar-refractivity contribution in [1.29, 1.82) is 0 Å². The fourth-order valence-corrected chi connectivity index (χ4v) is 4.37. The van der Waals surface area contributed by atoms with Crippen molar-refractivity contribution in [3.8, 4) is 0 Å². The van der Waals surface area contributed by atoms with Gasteiger partial charge in [0.2, 0.25) is 0 Å². The fourth-order valence-electron chi connectivity index (χ4n) is 4.37. The highest BCUT2D eigenvalue weighted by Gasteiger charge is 2.40. The van der Waals surface area contributed by atoms with Crippen molar-refractivity contribution < 1.29 is 14.4 Å². The predicted octanol–water partition coefficient (Wildman–Crippen LogP) is 2.47. The molecule has 1 saturated heterocycles. The normalized spacial score (nSPS) is 23.2. The highest BCUT2D eigenvalue weighted by molar-refractivity contribution is 6.22. The van der Waals surface area contributed by atoms with Crippen molar-refractivity contribution in [3.63, 3.8) is 0 Å². The molecule has 7 heteroatoms. The number of fused-ring (bicyclic) bond motifs is 1. The van der Waals surface area contributed by atoms with E-state index in [0.29, 0.717) is 23.2 Å². The number of carbonyl (C=O) groups is 3. The average Bonchev–Trinajstić information content (AvgIpc) is 2.92. The Morgan fingerprint density at radius 3 is 2.48 bits per heavy atom. The Kier molecular flexibility index (Phi) is 5.86. The van der Waals surface area contributed by atoms with Gasteiger partial charge in [-0.15, -0.1) is 12.4 Å². The summed E-state index contributed by atoms with van der Waals surface area (Å²) in [6.07, 6.45) is 5.05. The van der Waals surface area contributed by atoms with Crippen LogP contribution in [0.4, 0.5) is 0 Å². The Morgan fingerprint density at radius 1 is 1.07 bits per heavy atom. The lowest BCUT2D eigenvalue weighted by Crippen LogP contribution is -2.52. The zero-order valence-electron chi connectivity index (χ0n) is 15.6. The number of amides is 3. The highest BCUT2D eigenvalue weighted by atomic mass is 35.5. The van der Waals surface area contributed by atoms with E-state index in [0.717, 1.165) is 38.8 Å². The summed E-state index contributed by atoms with van der Waals surface area (Å²) in [5.41, 5.74) is 1.31. The summed E-state index contributed by atoms with van der Waals surface area (Å²) in [5, 5.41) is 3.27. The Bertz CT molecular complexity index is 761. The number of nitrogens with one attached hydrogen (secondary N) is 1. The van der Waals surface area contributed by atoms with E-state index in [1.807, 2.05) is 11.8 Å². The van der Waals surface area contributed by atoms with E-state index in [4.69, 9.17) is 0 Å². The van der Waals surface area contributed by atoms with E-state index in [-0.39, 0.29) is 42.2 Å². The molecular weight excluding hydrogens is 366 g/mol. The summed E-state index contributed by atoms with van der Waals surface area (Å²) in [4.78, 5) is 41.8. The minimum absolute atomic E-state index is 0. The Balaban J connectivity index is 0.00000210. The van der Waals surface area contributed by atoms with Gasteiger partial charge < -0.3 is 10.2 Å². The molecular formula is C20H26ClN3O3. The molecule has 1 aromatic rings. The number of piperazine rings is 1. The second kappa shape index (κ2) is 7.98. The number of rotatable bonds is 2. The Morgan fingerprint density at radius 2 is 1.78 bits per heavy atom. The first-order valence-corrected chi connectivity index (χ1v) is 9.61. The minimum Gasteiger partial charge on any atom is -0.333 e. The Labute approximate surface area is 165 Å². The maximum atomic E-state index is 12.9. The summed E-state index contributed by atoms with van der Waals surface area (Å²) in [6, 6.07) is 5.07. The van der Waals surface area contributed by atoms with Crippen LogP contribution in [0.3, 0.4) is 0 Å². The minimum atomic E-state index is -0.236. The molecule has 1 N–H and O–H groups in total. The smallest absolute Gasteiger partial charge is 0.261 e. The zero-order chi connectivity index (χ0) is 18.3. The molecule has 2 aliphatic heterocycles. The van der Waals surface area contributed by atoms with E-state index >= 15 is 0 Å². The van der Waals surface area contributed by atoms with Crippen LogP contribution in [0, 0.1) is 0 Å². The molecule has 0 spiro atoms. The molecule has 0 aromatic heterocycles. The maximum Gasteiger partial charge on any atom is 0.261 e. The zero-order valence-corrected chi connectivity index (χ0v) is 16.4. The fraction of sp³-hybridized carbons (Fsp3) is 0.550. The summed E-state index contributed by atoms with van der Waals surface area (Å²) in [6.45, 7) is 4.20. The summed E-state index contributed by atoms with van der Waals surface area (Å²) in [7, 11) is 0. The van der Waals surface area contributed by atoms with Crippen LogP contribution in [0.15, 0.2) is 18.2 Å². The predicted molar refractivity (Wildman–Crippen MR) is 104 cm³/mol. The summed E-state index contributed by atoms with van der Waals surface area (Å²) in [5.74, 6) is -0.510. The molecule has 0 radical (unpaired) electrons. The maximum absolute atomic E-state index is 12.9. The summed E-state index contributed by atoms with van der Waals surface area (Å²) >= 11 is 0. The first-order valence-electron chi connectivity index (χ1n) is 9.61. The van der Waals surface area contributed by atoms with Gasteiger partial charge in [-0.05, 0) is 38.0 Å². The van der Waals surface area contributed by atoms with Gasteiger partial charge in [-0.3, -0.25) is 19.3 Å². The van der Waals surface area contributed by atoms with Gasteiger partial charge in [0.25, 0.3) is 17.7 Å². The SMILES string of the molecule is C[C@@H]1CNCCN1C(=O)c1ccc2c(c1)C(=O)N(C1CCCCC1)C2=O.Cl. The third kappa shape index (κ3) is 3.48. The standard InChI is InChI=1S/C20H25N3O3.ClH/c1-13-12-21-9-10-22(13)18(24)14-7-8-16-17(11-14)20(26)23(19(16)25)15-5-3-2-4-6-15;/h7-8,11,13,15,21H,2-6,9-10,12H2,1H3;1H/t13-;/m1./s1. The number of nitrogens with zero attached hydrogens (tertiary/aromatic N) is 2. The molecule has 1 aromatic carbocycles. The second-order valence-corrected chi connectivity index (χ2v) is 7.58. The number of benzene rings is 1. The first-order chi connectivity index (χ1) is 12.6. The van der Waals surface area contributed by atoms with Gasteiger partial charge >= 0.3 is 0 Å². The van der Waals surface area contributed by atoms with Crippen LogP contribution in [0.1, 0.15) is 70.1 Å². The lowest BCUT2D eigenvalue weighted by Gasteiger charge is -2.34. The molecule has 3 amide bonds. The van der Waals surface area contributed by atoms with Crippen molar-refractivity contribution in [1.82, 2.24) is 15.1 Å². The topological polar surface area (TPSA) is 69.7 Å². The lowest BCUT2D eigenvalue weighted by molar-refractivity contribution is 0.0548. The Hall–Kier alpha value is -1.92. The van der Waals surface area contributed by atoms with Crippen molar-refractivity contribution in [2.24, 2.45) is 0 Å². The number of imide groups is 1. The van der Waals surface area contributed by atoms with Crippen LogP contribution in [0.5, 0.6) is 0 Å². The first kappa shape index (κ1) is 19.8. The van der Waals surface area contributed by atoms with Crippen LogP contribution in [-0.2, 0) is 0 Å². The van der Waals surface area contributed by atoms with Gasteiger partial charge in [-0.2, -0.15) is 0 Å². The van der Waals surface area contributed by atoms with Gasteiger partial charge in [0, 0.05) is 37.3 Å². The molecule has 3 aliphatic rings. The number of halogens is 1. The molecule has 1 saturated carbocycles. The molecule has 2 heterocycles. The van der Waals surface area contributed by atoms with Gasteiger partial charge in [0.15, 0.2) is 0 Å². The van der Waals surface area contributed by atoms with Crippen molar-refractivity contribution >= 4 is 30.1 Å². The molecule has 1 atom stereocenters. The van der Waals surface area contributed by atoms with Crippen molar-refractivity contribution in [3.05, 3.63) is 34.9 Å². The van der Waals surface area contributed by atoms with E-state index in [2.05, 4.69) is 5.32 Å². The second-order valence-electron chi connectivity index (χ2n) is 7.58. The number of hydrogen-bond donors (Lipinski definition) is 1. The van der Waals surface area contributed by atoms with E-state index < -0.39 is 0 Å². The van der Waals surface area contributed by atoms with Gasteiger partial charge in [0.1, 0.15) is 0 Å². The van der Waals surface area contributed by atoms with Gasteiger partial charge in [-0.1, -0.05) is 19.3 Å². The number of hydrogen-bond acceptors (Lipinski definition) is 4. The molecule has 6 nitrogen and oxygen atoms in total. The highest BCUT2D eigenvalue weighted by Crippen LogP contribution is 2.31. The van der Waals surface area contributed by atoms with Gasteiger partial charge in [-0.25, -0.2) is 0 Å². The summed E-state index contributed by atoms with van der Waals surface area (Å²) < 4.78 is 0. The average molecular weight is 392 g/mol. The molecule has 146 valence electrons. The monoisotopic (exact) mass is 391 g/mol. The van der Waals surface area contributed by atoms with E-state index in [1.54, 1.807) is 18.2 Å². The molecule has 4 rings (SSSR count). The van der Waals surface area contributed by atoms with Crippen LogP contribution in [-0.4, -0.2) is 59.2 Å². The third-order valence-corrected chi connectivity index (χ3v) is 5.87. The van der Waals surface area contributed by atoms with Crippen LogP contribution in [0.2, 0.25) is 0 Å². The quantitative estimate of drug-likeness (QED) is 0.786. The van der Waals surface area contributed by atoms with E-state index in [9.17, 15) is 14.4 Å². The largest absolute Gasteiger partial charge is 0.333 e. The van der Waals surface area contributed by atoms with E-state index in [1.165, 1.54) is 11.3 Å². The van der Waals surface area contributed by atoms with Crippen LogP contribution >= 0.6 is 12.4 Å². The molecule has 1 aliphatic carbocycles. The number of carbonyl (C=O) groups excluding carboxylic acids is 3. The van der Waals surface area contributed by atoms with Gasteiger partial charge in [0.05, 0.1) is 11.1 Å². The molecule has 0 unspecified atom stereocenters. The van der Waals surface area contributed by atoms with Crippen LogP contribution < -0.4 is 5.32 Å².